The summed E-state index contributed by atoms with van der Waals surface area (Å²) in [4.78, 5) is 26.0. The second kappa shape index (κ2) is 9.66. The predicted molar refractivity (Wildman–Crippen MR) is 127 cm³/mol. The lowest BCUT2D eigenvalue weighted by Gasteiger charge is -2.23. The van der Waals surface area contributed by atoms with Crippen LogP contribution in [-0.2, 0) is 0 Å². The normalized spacial score (nSPS) is 14.0. The maximum atomic E-state index is 13.1. The van der Waals surface area contributed by atoms with Gasteiger partial charge in [-0.25, -0.2) is 0 Å². The van der Waals surface area contributed by atoms with Crippen molar-refractivity contribution in [1.29, 1.82) is 0 Å². The van der Waals surface area contributed by atoms with E-state index in [9.17, 15) is 9.59 Å². The Balaban J connectivity index is 1.54. The molecule has 0 unspecified atom stereocenters. The van der Waals surface area contributed by atoms with Gasteiger partial charge in [0.2, 0.25) is 0 Å². The third kappa shape index (κ3) is 4.65. The Hall–Kier alpha value is -3.64. The topological polar surface area (TPSA) is 93.4 Å². The minimum atomic E-state index is -0.302. The molecule has 0 spiro atoms. The number of nitrogens with one attached hydrogen (secondary N) is 2. The van der Waals surface area contributed by atoms with Crippen LogP contribution in [0.25, 0.3) is 0 Å². The van der Waals surface area contributed by atoms with Crippen LogP contribution in [0.1, 0.15) is 50.6 Å². The highest BCUT2D eigenvalue weighted by molar-refractivity contribution is 6.17. The minimum absolute atomic E-state index is 0.225. The van der Waals surface area contributed by atoms with E-state index >= 15 is 0 Å². The second-order valence-electron chi connectivity index (χ2n) is 7.93. The lowest BCUT2D eigenvalue weighted by atomic mass is 9.90. The maximum absolute atomic E-state index is 13.1. The summed E-state index contributed by atoms with van der Waals surface area (Å²) in [6.45, 7) is 2.04. The molecule has 3 aromatic rings. The fourth-order valence-corrected chi connectivity index (χ4v) is 4.04. The molecular formula is C26H27N3O3. The van der Waals surface area contributed by atoms with Crippen LogP contribution in [0.15, 0.2) is 66.7 Å². The number of nitrogens with two attached hydrogens (primary N) is 1. The van der Waals surface area contributed by atoms with Crippen molar-refractivity contribution in [1.82, 2.24) is 5.32 Å². The average molecular weight is 430 g/mol. The number of para-hydroxylation sites is 1. The molecule has 1 aliphatic heterocycles. The molecule has 0 radical (unpaired) electrons. The van der Waals surface area contributed by atoms with Gasteiger partial charge >= 0.3 is 0 Å². The van der Waals surface area contributed by atoms with Crippen LogP contribution in [0.4, 0.5) is 11.4 Å². The Kier molecular flexibility index (Phi) is 6.52. The summed E-state index contributed by atoms with van der Waals surface area (Å²) in [5.74, 6) is 0.655. The highest BCUT2D eigenvalue weighted by atomic mass is 16.5. The summed E-state index contributed by atoms with van der Waals surface area (Å²) >= 11 is 0. The number of ketones is 1. The van der Waals surface area contributed by atoms with Crippen molar-refractivity contribution in [3.8, 4) is 5.75 Å². The van der Waals surface area contributed by atoms with Gasteiger partial charge in [-0.15, -0.1) is 0 Å². The van der Waals surface area contributed by atoms with E-state index in [1.807, 2.05) is 24.3 Å². The first-order chi connectivity index (χ1) is 15.6. The molecule has 6 nitrogen and oxygen atoms in total. The first-order valence-electron chi connectivity index (χ1n) is 10.8. The Morgan fingerprint density at radius 1 is 0.938 bits per heavy atom. The first kappa shape index (κ1) is 21.6. The van der Waals surface area contributed by atoms with Gasteiger partial charge in [0.05, 0.1) is 18.5 Å². The van der Waals surface area contributed by atoms with E-state index in [0.717, 1.165) is 25.9 Å². The van der Waals surface area contributed by atoms with Crippen molar-refractivity contribution in [2.75, 3.05) is 31.2 Å². The molecule has 32 heavy (non-hydrogen) atoms. The number of carbonyl (C=O) groups is 2. The van der Waals surface area contributed by atoms with Gasteiger partial charge in [0.15, 0.2) is 5.78 Å². The highest BCUT2D eigenvalue weighted by Gasteiger charge is 2.19. The number of benzene rings is 3. The van der Waals surface area contributed by atoms with Gasteiger partial charge in [0.25, 0.3) is 5.91 Å². The predicted octanol–water partition coefficient (Wildman–Crippen LogP) is 4.23. The Bertz CT molecular complexity index is 1100. The fourth-order valence-electron chi connectivity index (χ4n) is 4.04. The van der Waals surface area contributed by atoms with Gasteiger partial charge in [-0.05, 0) is 85.9 Å². The Morgan fingerprint density at radius 3 is 2.25 bits per heavy atom. The largest absolute Gasteiger partial charge is 0.497 e. The number of rotatable bonds is 6. The molecule has 3 aromatic carbocycles. The highest BCUT2D eigenvalue weighted by Crippen LogP contribution is 2.28. The number of amides is 1. The molecule has 6 heteroatoms. The smallest absolute Gasteiger partial charge is 0.255 e. The lowest BCUT2D eigenvalue weighted by molar-refractivity contribution is 0.102. The summed E-state index contributed by atoms with van der Waals surface area (Å²) in [6, 6.07) is 19.6. The monoisotopic (exact) mass is 429 g/mol. The van der Waals surface area contributed by atoms with Gasteiger partial charge in [-0.2, -0.15) is 0 Å². The van der Waals surface area contributed by atoms with Crippen LogP contribution in [0.2, 0.25) is 0 Å². The number of methoxy groups -OCH3 is 1. The number of piperidine rings is 1. The van der Waals surface area contributed by atoms with Crippen molar-refractivity contribution in [2.45, 2.75) is 18.8 Å². The van der Waals surface area contributed by atoms with E-state index in [4.69, 9.17) is 10.5 Å². The molecule has 164 valence electrons. The van der Waals surface area contributed by atoms with Crippen molar-refractivity contribution in [2.24, 2.45) is 0 Å². The Labute approximate surface area is 187 Å². The summed E-state index contributed by atoms with van der Waals surface area (Å²) in [7, 11) is 1.57. The zero-order valence-corrected chi connectivity index (χ0v) is 18.1. The number of anilines is 2. The fraction of sp³-hybridized carbons (Fsp3) is 0.231. The van der Waals surface area contributed by atoms with Gasteiger partial charge in [0, 0.05) is 16.7 Å². The first-order valence-corrected chi connectivity index (χ1v) is 10.8. The molecule has 0 atom stereocenters. The van der Waals surface area contributed by atoms with Crippen molar-refractivity contribution < 1.29 is 14.3 Å². The number of hydrogen-bond donors (Lipinski definition) is 3. The zero-order chi connectivity index (χ0) is 22.5. The summed E-state index contributed by atoms with van der Waals surface area (Å²) in [5.41, 5.74) is 9.39. The van der Waals surface area contributed by atoms with Gasteiger partial charge in [-0.3, -0.25) is 9.59 Å². The van der Waals surface area contributed by atoms with Crippen LogP contribution in [0.5, 0.6) is 5.75 Å². The molecule has 0 aliphatic carbocycles. The van der Waals surface area contributed by atoms with Crippen LogP contribution in [0.3, 0.4) is 0 Å². The maximum Gasteiger partial charge on any atom is 0.255 e. The zero-order valence-electron chi connectivity index (χ0n) is 18.1. The van der Waals surface area contributed by atoms with E-state index < -0.39 is 0 Å². The molecule has 1 heterocycles. The van der Waals surface area contributed by atoms with Crippen molar-refractivity contribution in [3.05, 3.63) is 89.0 Å². The van der Waals surface area contributed by atoms with E-state index in [2.05, 4.69) is 10.6 Å². The number of hydrogen-bond acceptors (Lipinski definition) is 5. The molecule has 0 saturated carbocycles. The summed E-state index contributed by atoms with van der Waals surface area (Å²) < 4.78 is 5.15. The molecule has 0 aromatic heterocycles. The van der Waals surface area contributed by atoms with Crippen LogP contribution in [-0.4, -0.2) is 31.9 Å². The van der Waals surface area contributed by atoms with Crippen LogP contribution < -0.4 is 21.1 Å². The third-order valence-corrected chi connectivity index (χ3v) is 5.92. The number of nitrogen functional groups attached to an aromatic ring is 1. The summed E-state index contributed by atoms with van der Waals surface area (Å²) in [6.07, 6.45) is 2.20. The third-order valence-electron chi connectivity index (χ3n) is 5.92. The van der Waals surface area contributed by atoms with E-state index in [1.54, 1.807) is 49.6 Å². The van der Waals surface area contributed by atoms with Crippen molar-refractivity contribution in [3.63, 3.8) is 0 Å². The molecule has 4 N–H and O–H groups in total. The van der Waals surface area contributed by atoms with Gasteiger partial charge in [0.1, 0.15) is 5.75 Å². The number of carbonyl (C=O) groups excluding carboxylic acids is 2. The van der Waals surface area contributed by atoms with E-state index in [-0.39, 0.29) is 11.7 Å². The SMILES string of the molecule is COc1ccc(C(=O)c2cccc(N)c2NC(=O)c2ccc(C3CCNCC3)cc2)cc1. The second-order valence-corrected chi connectivity index (χ2v) is 7.93. The molecule has 4 rings (SSSR count). The van der Waals surface area contributed by atoms with Gasteiger partial charge in [-0.1, -0.05) is 18.2 Å². The standard InChI is InChI=1S/C26H27N3O3/c1-32-21-11-9-19(10-12-21)25(30)22-3-2-4-23(27)24(22)29-26(31)20-7-5-17(6-8-20)18-13-15-28-16-14-18/h2-12,18,28H,13-16,27H2,1H3,(H,29,31). The number of ether oxygens (including phenoxy) is 1. The average Bonchev–Trinajstić information content (AvgIpc) is 2.85. The quantitative estimate of drug-likeness (QED) is 0.403. The summed E-state index contributed by atoms with van der Waals surface area (Å²) in [5, 5.41) is 6.22. The van der Waals surface area contributed by atoms with E-state index in [0.29, 0.717) is 39.7 Å². The van der Waals surface area contributed by atoms with Crippen LogP contribution >= 0.6 is 0 Å². The van der Waals surface area contributed by atoms with Crippen LogP contribution in [0, 0.1) is 0 Å². The molecular weight excluding hydrogens is 402 g/mol. The van der Waals surface area contributed by atoms with E-state index in [1.165, 1.54) is 5.56 Å². The molecule has 0 bridgehead atoms. The Morgan fingerprint density at radius 2 is 1.59 bits per heavy atom. The molecule has 1 aliphatic rings. The van der Waals surface area contributed by atoms with Crippen molar-refractivity contribution >= 4 is 23.1 Å². The molecule has 1 amide bonds. The lowest BCUT2D eigenvalue weighted by Crippen LogP contribution is -2.26. The molecule has 1 saturated heterocycles. The van der Waals surface area contributed by atoms with Gasteiger partial charge < -0.3 is 21.1 Å². The molecule has 1 fully saturated rings. The minimum Gasteiger partial charge on any atom is -0.497 e.